The molecule has 1 N–H and O–H groups in total. The third kappa shape index (κ3) is 4.40. The average Bonchev–Trinajstić information content (AvgIpc) is 3.45. The predicted octanol–water partition coefficient (Wildman–Crippen LogP) is 4.76. The zero-order chi connectivity index (χ0) is 21.9. The van der Waals surface area contributed by atoms with Gasteiger partial charge in [0.1, 0.15) is 5.82 Å². The molecule has 0 radical (unpaired) electrons. The molecule has 0 unspecified atom stereocenters. The SMILES string of the molecule is O=C1CCc2cc(-c3csc(=Nc4ccc(F)cc4)n3CCCn3cccn3)ccc2N1. The van der Waals surface area contributed by atoms with Gasteiger partial charge in [0, 0.05) is 43.0 Å². The number of carbonyl (C=O) groups excluding carboxylic acids is 1. The van der Waals surface area contributed by atoms with Crippen LogP contribution >= 0.6 is 11.3 Å². The number of aryl methyl sites for hydroxylation is 2. The predicted molar refractivity (Wildman–Crippen MR) is 123 cm³/mol. The van der Waals surface area contributed by atoms with Gasteiger partial charge in [0.2, 0.25) is 5.91 Å². The molecule has 0 saturated heterocycles. The molecule has 4 aromatic rings. The van der Waals surface area contributed by atoms with Crippen LogP contribution in [0.4, 0.5) is 15.8 Å². The highest BCUT2D eigenvalue weighted by Gasteiger charge is 2.16. The van der Waals surface area contributed by atoms with E-state index in [-0.39, 0.29) is 11.7 Å². The minimum absolute atomic E-state index is 0.0647. The normalized spacial score (nSPS) is 13.8. The fourth-order valence-corrected chi connectivity index (χ4v) is 4.81. The van der Waals surface area contributed by atoms with Crippen molar-refractivity contribution >= 4 is 28.6 Å². The van der Waals surface area contributed by atoms with Gasteiger partial charge >= 0.3 is 0 Å². The van der Waals surface area contributed by atoms with Crippen LogP contribution in [-0.2, 0) is 24.3 Å². The summed E-state index contributed by atoms with van der Waals surface area (Å²) in [5.74, 6) is -0.209. The number of rotatable bonds is 6. The molecule has 0 saturated carbocycles. The van der Waals surface area contributed by atoms with Crippen LogP contribution in [0.3, 0.4) is 0 Å². The smallest absolute Gasteiger partial charge is 0.224 e. The van der Waals surface area contributed by atoms with Gasteiger partial charge in [0.05, 0.1) is 11.4 Å². The average molecular weight is 448 g/mol. The molecule has 3 heterocycles. The van der Waals surface area contributed by atoms with Crippen LogP contribution in [-0.4, -0.2) is 20.3 Å². The van der Waals surface area contributed by atoms with Crippen molar-refractivity contribution in [2.75, 3.05) is 5.32 Å². The molecule has 2 aromatic heterocycles. The number of nitrogens with one attached hydrogen (secondary N) is 1. The first-order valence-electron chi connectivity index (χ1n) is 10.5. The Labute approximate surface area is 188 Å². The van der Waals surface area contributed by atoms with Gasteiger partial charge in [-0.05, 0) is 66.4 Å². The molecule has 1 aliphatic heterocycles. The summed E-state index contributed by atoms with van der Waals surface area (Å²) in [6.07, 6.45) is 5.88. The molecule has 0 atom stereocenters. The number of aromatic nitrogens is 3. The van der Waals surface area contributed by atoms with Gasteiger partial charge in [-0.1, -0.05) is 6.07 Å². The van der Waals surface area contributed by atoms with E-state index in [1.165, 1.54) is 12.1 Å². The lowest BCUT2D eigenvalue weighted by Gasteiger charge is -2.18. The molecule has 162 valence electrons. The molecule has 6 nitrogen and oxygen atoms in total. The summed E-state index contributed by atoms with van der Waals surface area (Å²) in [4.78, 5) is 17.3. The lowest BCUT2D eigenvalue weighted by molar-refractivity contribution is -0.116. The highest BCUT2D eigenvalue weighted by atomic mass is 32.1. The van der Waals surface area contributed by atoms with Crippen LogP contribution in [0.15, 0.2) is 71.3 Å². The second kappa shape index (κ2) is 8.92. The van der Waals surface area contributed by atoms with E-state index in [4.69, 9.17) is 4.99 Å². The minimum atomic E-state index is -0.274. The Morgan fingerprint density at radius 3 is 2.81 bits per heavy atom. The van der Waals surface area contributed by atoms with Crippen molar-refractivity contribution in [2.45, 2.75) is 32.4 Å². The highest BCUT2D eigenvalue weighted by molar-refractivity contribution is 7.07. The fourth-order valence-electron chi connectivity index (χ4n) is 3.86. The maximum atomic E-state index is 13.3. The molecule has 0 bridgehead atoms. The first-order chi connectivity index (χ1) is 15.7. The molecule has 0 aliphatic carbocycles. The third-order valence-corrected chi connectivity index (χ3v) is 6.34. The summed E-state index contributed by atoms with van der Waals surface area (Å²) in [5, 5.41) is 9.34. The number of hydrogen-bond donors (Lipinski definition) is 1. The standard InChI is InChI=1S/C24H22FN5OS/c25-19-5-7-20(8-6-19)27-24-30(14-2-13-29-12-1-11-26-29)22(16-32-24)18-3-9-21-17(15-18)4-10-23(31)28-21/h1,3,5-9,11-12,15-16H,2,4,10,13-14H2,(H,28,31). The number of hydrogen-bond acceptors (Lipinski definition) is 4. The molecular formula is C24H22FN5OS. The first-order valence-corrected chi connectivity index (χ1v) is 11.4. The van der Waals surface area contributed by atoms with Crippen molar-refractivity contribution in [1.82, 2.24) is 14.3 Å². The van der Waals surface area contributed by atoms with E-state index in [1.54, 1.807) is 29.7 Å². The Morgan fingerprint density at radius 1 is 1.12 bits per heavy atom. The number of amides is 1. The molecule has 32 heavy (non-hydrogen) atoms. The number of benzene rings is 2. The Bertz CT molecular complexity index is 1310. The molecule has 0 spiro atoms. The van der Waals surface area contributed by atoms with E-state index in [0.29, 0.717) is 12.1 Å². The largest absolute Gasteiger partial charge is 0.326 e. The van der Waals surface area contributed by atoms with Crippen LogP contribution in [0.5, 0.6) is 0 Å². The van der Waals surface area contributed by atoms with E-state index in [0.717, 1.165) is 53.2 Å². The number of thiazole rings is 1. The van der Waals surface area contributed by atoms with Crippen molar-refractivity contribution < 1.29 is 9.18 Å². The zero-order valence-electron chi connectivity index (χ0n) is 17.4. The van der Waals surface area contributed by atoms with Gasteiger partial charge in [-0.3, -0.25) is 9.48 Å². The molecular weight excluding hydrogens is 425 g/mol. The maximum Gasteiger partial charge on any atom is 0.224 e. The molecule has 2 aromatic carbocycles. The van der Waals surface area contributed by atoms with Crippen molar-refractivity contribution in [3.63, 3.8) is 0 Å². The minimum Gasteiger partial charge on any atom is -0.326 e. The van der Waals surface area contributed by atoms with Crippen LogP contribution in [0.25, 0.3) is 11.3 Å². The van der Waals surface area contributed by atoms with Crippen molar-refractivity contribution in [3.05, 3.63) is 82.5 Å². The topological polar surface area (TPSA) is 64.2 Å². The lowest BCUT2D eigenvalue weighted by Crippen LogP contribution is -2.19. The second-order valence-electron chi connectivity index (χ2n) is 7.69. The van der Waals surface area contributed by atoms with Crippen LogP contribution in [0.1, 0.15) is 18.4 Å². The second-order valence-corrected chi connectivity index (χ2v) is 8.52. The van der Waals surface area contributed by atoms with Crippen LogP contribution in [0.2, 0.25) is 0 Å². The zero-order valence-corrected chi connectivity index (χ0v) is 18.2. The Kier molecular flexibility index (Phi) is 5.68. The van der Waals surface area contributed by atoms with E-state index in [1.807, 2.05) is 29.1 Å². The summed E-state index contributed by atoms with van der Waals surface area (Å²) in [5.41, 5.74) is 4.93. The number of anilines is 1. The summed E-state index contributed by atoms with van der Waals surface area (Å²) < 4.78 is 17.4. The van der Waals surface area contributed by atoms with Gasteiger partial charge < -0.3 is 9.88 Å². The van der Waals surface area contributed by atoms with E-state index < -0.39 is 0 Å². The van der Waals surface area contributed by atoms with Gasteiger partial charge in [0.25, 0.3) is 0 Å². The highest BCUT2D eigenvalue weighted by Crippen LogP contribution is 2.29. The van der Waals surface area contributed by atoms with Gasteiger partial charge in [0.15, 0.2) is 4.80 Å². The van der Waals surface area contributed by atoms with Gasteiger partial charge in [-0.15, -0.1) is 11.3 Å². The lowest BCUT2D eigenvalue weighted by atomic mass is 9.99. The van der Waals surface area contributed by atoms with E-state index >= 15 is 0 Å². The van der Waals surface area contributed by atoms with Gasteiger partial charge in [-0.2, -0.15) is 5.10 Å². The van der Waals surface area contributed by atoms with Crippen molar-refractivity contribution in [1.29, 1.82) is 0 Å². The van der Waals surface area contributed by atoms with E-state index in [9.17, 15) is 9.18 Å². The number of fused-ring (bicyclic) bond motifs is 1. The molecule has 0 fully saturated rings. The van der Waals surface area contributed by atoms with Crippen molar-refractivity contribution in [2.24, 2.45) is 4.99 Å². The summed E-state index contributed by atoms with van der Waals surface area (Å²) in [6, 6.07) is 14.3. The quantitative estimate of drug-likeness (QED) is 0.463. The molecule has 8 heteroatoms. The summed E-state index contributed by atoms with van der Waals surface area (Å²) >= 11 is 1.57. The van der Waals surface area contributed by atoms with Crippen molar-refractivity contribution in [3.8, 4) is 11.3 Å². The number of halogens is 1. The Hall–Kier alpha value is -3.52. The third-order valence-electron chi connectivity index (χ3n) is 5.47. The summed E-state index contributed by atoms with van der Waals surface area (Å²) in [6.45, 7) is 1.58. The molecule has 1 amide bonds. The molecule has 5 rings (SSSR count). The maximum absolute atomic E-state index is 13.3. The van der Waals surface area contributed by atoms with Crippen LogP contribution in [0, 0.1) is 5.82 Å². The number of nitrogens with zero attached hydrogens (tertiary/aromatic N) is 4. The summed E-state index contributed by atoms with van der Waals surface area (Å²) in [7, 11) is 0. The fraction of sp³-hybridized carbons (Fsp3) is 0.208. The Balaban J connectivity index is 1.51. The monoisotopic (exact) mass is 447 g/mol. The number of carbonyl (C=O) groups is 1. The first kappa shape index (κ1) is 20.4. The van der Waals surface area contributed by atoms with Crippen LogP contribution < -0.4 is 10.1 Å². The van der Waals surface area contributed by atoms with E-state index in [2.05, 4.69) is 26.4 Å². The molecule has 1 aliphatic rings. The van der Waals surface area contributed by atoms with Gasteiger partial charge in [-0.25, -0.2) is 9.38 Å². The Morgan fingerprint density at radius 2 is 2.00 bits per heavy atom.